The Morgan fingerprint density at radius 3 is 2.73 bits per heavy atom. The monoisotopic (exact) mass is 464 g/mol. The predicted octanol–water partition coefficient (Wildman–Crippen LogP) is 7.71. The fourth-order valence-electron chi connectivity index (χ4n) is 4.24. The Morgan fingerprint density at radius 2 is 2.09 bits per heavy atom. The Bertz CT molecular complexity index is 1090. The standard InChI is InChI=1S/C18H24FOP.C10H10N2/c1-13-12-16(18(19)21-2)8-9-17(13)15(10-11-20)7-6-14-4-3-5-14;1-11-10-4-2-3-8-7-12-6-5-9(8)10/h8-12,14,18,21H,3-7H2,1-2H3;2-7,11H,1H3/b15-10+;. The van der Waals surface area contributed by atoms with Crippen LogP contribution < -0.4 is 5.32 Å². The number of hydrogen-bond donors (Lipinski definition) is 1. The van der Waals surface area contributed by atoms with E-state index in [9.17, 15) is 9.18 Å². The minimum atomic E-state index is -0.869. The second kappa shape index (κ2) is 12.6. The highest BCUT2D eigenvalue weighted by molar-refractivity contribution is 7.37. The molecule has 0 saturated heterocycles. The number of pyridine rings is 1. The van der Waals surface area contributed by atoms with E-state index in [1.807, 2.05) is 63.4 Å². The van der Waals surface area contributed by atoms with Crippen LogP contribution in [0.4, 0.5) is 10.1 Å². The average molecular weight is 465 g/mol. The lowest BCUT2D eigenvalue weighted by atomic mass is 9.80. The molecule has 174 valence electrons. The molecule has 2 unspecified atom stereocenters. The molecule has 3 aromatic rings. The zero-order chi connectivity index (χ0) is 23.6. The van der Waals surface area contributed by atoms with Crippen LogP contribution in [0.25, 0.3) is 16.3 Å². The van der Waals surface area contributed by atoms with Crippen molar-refractivity contribution in [2.24, 2.45) is 5.92 Å². The van der Waals surface area contributed by atoms with Gasteiger partial charge in [0.15, 0.2) is 0 Å². The van der Waals surface area contributed by atoms with E-state index in [1.54, 1.807) is 6.08 Å². The van der Waals surface area contributed by atoms with E-state index in [4.69, 9.17) is 0 Å². The molecule has 0 radical (unpaired) electrons. The van der Waals surface area contributed by atoms with E-state index in [1.165, 1.54) is 30.0 Å². The van der Waals surface area contributed by atoms with Crippen molar-refractivity contribution in [3.05, 3.63) is 77.6 Å². The maximum absolute atomic E-state index is 13.8. The summed E-state index contributed by atoms with van der Waals surface area (Å²) in [5.41, 5.74) is 5.15. The van der Waals surface area contributed by atoms with Crippen LogP contribution in [0.1, 0.15) is 54.7 Å². The summed E-state index contributed by atoms with van der Waals surface area (Å²) in [5, 5.41) is 5.53. The van der Waals surface area contributed by atoms with Crippen molar-refractivity contribution in [1.82, 2.24) is 4.98 Å². The molecule has 2 atom stereocenters. The zero-order valence-electron chi connectivity index (χ0n) is 19.8. The summed E-state index contributed by atoms with van der Waals surface area (Å²) in [6.45, 7) is 3.89. The van der Waals surface area contributed by atoms with Crippen LogP contribution in [-0.4, -0.2) is 25.0 Å². The number of nitrogens with zero attached hydrogens (tertiary/aromatic N) is 1. The molecule has 1 N–H and O–H groups in total. The molecule has 4 rings (SSSR count). The first kappa shape index (κ1) is 25.1. The molecule has 1 heterocycles. The summed E-state index contributed by atoms with van der Waals surface area (Å²) < 4.78 is 13.8. The van der Waals surface area contributed by atoms with Crippen molar-refractivity contribution in [1.29, 1.82) is 0 Å². The highest BCUT2D eigenvalue weighted by Crippen LogP contribution is 2.37. The first-order valence-electron chi connectivity index (χ1n) is 11.6. The van der Waals surface area contributed by atoms with Gasteiger partial charge in [-0.15, -0.1) is 0 Å². The maximum atomic E-state index is 13.8. The molecular formula is C28H34FN2OP. The van der Waals surface area contributed by atoms with Gasteiger partial charge in [0.1, 0.15) is 12.2 Å². The summed E-state index contributed by atoms with van der Waals surface area (Å²) in [4.78, 5) is 15.0. The number of aldehydes is 1. The van der Waals surface area contributed by atoms with Crippen molar-refractivity contribution >= 4 is 36.9 Å². The van der Waals surface area contributed by atoms with Gasteiger partial charge < -0.3 is 5.32 Å². The van der Waals surface area contributed by atoms with Crippen LogP contribution in [0, 0.1) is 12.8 Å². The Hall–Kier alpha value is -2.58. The van der Waals surface area contributed by atoms with E-state index >= 15 is 0 Å². The molecule has 1 saturated carbocycles. The first-order chi connectivity index (χ1) is 16.1. The summed E-state index contributed by atoms with van der Waals surface area (Å²) in [5.74, 6) is -0.0395. The van der Waals surface area contributed by atoms with Gasteiger partial charge in [0.2, 0.25) is 0 Å². The molecule has 1 aliphatic rings. The number of alkyl halides is 1. The molecule has 5 heteroatoms. The third kappa shape index (κ3) is 6.71. The smallest absolute Gasteiger partial charge is 0.143 e. The van der Waals surface area contributed by atoms with Gasteiger partial charge >= 0.3 is 0 Å². The number of benzene rings is 2. The molecule has 33 heavy (non-hydrogen) atoms. The van der Waals surface area contributed by atoms with E-state index in [2.05, 4.69) is 22.4 Å². The number of aromatic nitrogens is 1. The summed E-state index contributed by atoms with van der Waals surface area (Å²) >= 11 is 0. The van der Waals surface area contributed by atoms with Gasteiger partial charge in [0.25, 0.3) is 0 Å². The third-order valence-electron chi connectivity index (χ3n) is 6.41. The van der Waals surface area contributed by atoms with Crippen LogP contribution in [0.2, 0.25) is 0 Å². The number of aryl methyl sites for hydroxylation is 1. The third-order valence-corrected chi connectivity index (χ3v) is 7.25. The van der Waals surface area contributed by atoms with Gasteiger partial charge in [-0.1, -0.05) is 58.2 Å². The van der Waals surface area contributed by atoms with Crippen LogP contribution in [0.3, 0.4) is 0 Å². The highest BCUT2D eigenvalue weighted by atomic mass is 31.1. The zero-order valence-corrected chi connectivity index (χ0v) is 20.8. The lowest BCUT2D eigenvalue weighted by Gasteiger charge is -2.25. The number of rotatable bonds is 8. The fourth-order valence-corrected chi connectivity index (χ4v) is 4.76. The lowest BCUT2D eigenvalue weighted by Crippen LogP contribution is -2.10. The molecule has 2 aromatic carbocycles. The molecule has 1 fully saturated rings. The maximum Gasteiger partial charge on any atom is 0.143 e. The van der Waals surface area contributed by atoms with Gasteiger partial charge in [-0.25, -0.2) is 4.39 Å². The van der Waals surface area contributed by atoms with Crippen LogP contribution in [0.15, 0.2) is 60.9 Å². The Labute approximate surface area is 198 Å². The van der Waals surface area contributed by atoms with E-state index in [0.717, 1.165) is 53.0 Å². The summed E-state index contributed by atoms with van der Waals surface area (Å²) in [6.07, 6.45) is 12.3. The number of fused-ring (bicyclic) bond motifs is 1. The molecule has 1 aliphatic carbocycles. The van der Waals surface area contributed by atoms with Gasteiger partial charge in [-0.3, -0.25) is 9.78 Å². The van der Waals surface area contributed by atoms with Crippen molar-refractivity contribution in [2.75, 3.05) is 19.0 Å². The average Bonchev–Trinajstić information content (AvgIpc) is 2.82. The number of carbonyl (C=O) groups is 1. The van der Waals surface area contributed by atoms with Crippen molar-refractivity contribution < 1.29 is 9.18 Å². The van der Waals surface area contributed by atoms with Gasteiger partial charge in [0, 0.05) is 35.9 Å². The van der Waals surface area contributed by atoms with Crippen molar-refractivity contribution in [2.45, 2.75) is 44.9 Å². The summed E-state index contributed by atoms with van der Waals surface area (Å²) in [7, 11) is 2.19. The molecule has 0 amide bonds. The van der Waals surface area contributed by atoms with Gasteiger partial charge in [-0.2, -0.15) is 0 Å². The Kier molecular flexibility index (Phi) is 9.57. The Morgan fingerprint density at radius 1 is 1.27 bits per heavy atom. The SMILES string of the molecule is CNc1cccc2cnccc12.CPC(F)c1ccc(/C(=C/C=O)CCC2CCC2)c(C)c1. The minimum absolute atomic E-state index is 0.264. The number of carbonyl (C=O) groups excluding carboxylic acids is 1. The number of allylic oxidation sites excluding steroid dienone is 2. The first-order valence-corrected chi connectivity index (χ1v) is 13.2. The van der Waals surface area contributed by atoms with E-state index < -0.39 is 5.91 Å². The van der Waals surface area contributed by atoms with Crippen molar-refractivity contribution in [3.8, 4) is 0 Å². The second-order valence-electron chi connectivity index (χ2n) is 8.54. The Balaban J connectivity index is 0.000000215. The van der Waals surface area contributed by atoms with Crippen LogP contribution in [0.5, 0.6) is 0 Å². The fraction of sp³-hybridized carbons (Fsp3) is 0.357. The van der Waals surface area contributed by atoms with Crippen molar-refractivity contribution in [3.63, 3.8) is 0 Å². The number of anilines is 1. The normalized spacial score (nSPS) is 15.1. The molecular weight excluding hydrogens is 430 g/mol. The summed E-state index contributed by atoms with van der Waals surface area (Å²) in [6, 6.07) is 13.9. The molecule has 1 aromatic heterocycles. The van der Waals surface area contributed by atoms with Gasteiger partial charge in [-0.05, 0) is 72.8 Å². The van der Waals surface area contributed by atoms with E-state index in [-0.39, 0.29) is 8.58 Å². The van der Waals surface area contributed by atoms with Crippen LogP contribution in [-0.2, 0) is 4.79 Å². The number of nitrogens with one attached hydrogen (secondary N) is 1. The highest BCUT2D eigenvalue weighted by Gasteiger charge is 2.18. The largest absolute Gasteiger partial charge is 0.388 e. The van der Waals surface area contributed by atoms with Crippen LogP contribution >= 0.6 is 8.58 Å². The number of hydrogen-bond acceptors (Lipinski definition) is 3. The molecule has 3 nitrogen and oxygen atoms in total. The quantitative estimate of drug-likeness (QED) is 0.211. The number of halogens is 1. The lowest BCUT2D eigenvalue weighted by molar-refractivity contribution is -0.104. The van der Waals surface area contributed by atoms with E-state index in [0.29, 0.717) is 0 Å². The second-order valence-corrected chi connectivity index (χ2v) is 9.63. The molecule has 0 bridgehead atoms. The molecule has 0 aliphatic heterocycles. The molecule has 0 spiro atoms. The topological polar surface area (TPSA) is 42.0 Å². The van der Waals surface area contributed by atoms with Gasteiger partial charge in [0.05, 0.1) is 0 Å². The minimum Gasteiger partial charge on any atom is -0.388 e. The predicted molar refractivity (Wildman–Crippen MR) is 141 cm³/mol.